The molecule has 0 saturated carbocycles. The first kappa shape index (κ1) is 30.7. The van der Waals surface area contributed by atoms with Gasteiger partial charge in [0, 0.05) is 41.9 Å². The van der Waals surface area contributed by atoms with Gasteiger partial charge in [-0.15, -0.1) is 11.3 Å². The van der Waals surface area contributed by atoms with Gasteiger partial charge in [0.2, 0.25) is 5.95 Å². The average molecular weight is 706 g/mol. The van der Waals surface area contributed by atoms with E-state index in [0.717, 1.165) is 33.2 Å². The number of aromatic nitrogens is 3. The van der Waals surface area contributed by atoms with E-state index in [9.17, 15) is 0 Å². The highest BCUT2D eigenvalue weighted by Crippen LogP contribution is 2.39. The first-order valence-corrected chi connectivity index (χ1v) is 19.1. The zero-order valence-electron chi connectivity index (χ0n) is 29.1. The molecule has 0 unspecified atom stereocenters. The largest absolute Gasteiger partial charge is 0.278 e. The molecule has 3 nitrogen and oxygen atoms in total. The van der Waals surface area contributed by atoms with E-state index in [1.807, 2.05) is 23.5 Å². The molecule has 11 aromatic rings. The van der Waals surface area contributed by atoms with Crippen LogP contribution in [0.2, 0.25) is 0 Å². The highest BCUT2D eigenvalue weighted by atomic mass is 32.1. The molecule has 0 N–H and O–H groups in total. The first-order valence-electron chi connectivity index (χ1n) is 18.2. The van der Waals surface area contributed by atoms with Gasteiger partial charge in [0.1, 0.15) is 0 Å². The van der Waals surface area contributed by atoms with Crippen LogP contribution in [0.3, 0.4) is 0 Å². The van der Waals surface area contributed by atoms with Crippen LogP contribution in [-0.4, -0.2) is 14.5 Å². The molecule has 3 aromatic heterocycles. The molecule has 0 amide bonds. The Morgan fingerprint density at radius 2 is 0.852 bits per heavy atom. The Hall–Kier alpha value is -6.88. The summed E-state index contributed by atoms with van der Waals surface area (Å²) in [7, 11) is 0. The van der Waals surface area contributed by atoms with E-state index in [4.69, 9.17) is 9.97 Å². The van der Waals surface area contributed by atoms with Gasteiger partial charge in [-0.05, 0) is 75.8 Å². The molecule has 252 valence electrons. The molecule has 0 atom stereocenters. The van der Waals surface area contributed by atoms with Gasteiger partial charge in [-0.1, -0.05) is 146 Å². The Morgan fingerprint density at radius 3 is 1.63 bits per heavy atom. The number of nitrogens with zero attached hydrogens (tertiary/aromatic N) is 3. The predicted octanol–water partition coefficient (Wildman–Crippen LogP) is 13.8. The lowest BCUT2D eigenvalue weighted by Crippen LogP contribution is -2.03. The smallest absolute Gasteiger partial charge is 0.235 e. The summed E-state index contributed by atoms with van der Waals surface area (Å²) in [5.74, 6) is 0.662. The van der Waals surface area contributed by atoms with Crippen molar-refractivity contribution >= 4 is 64.2 Å². The zero-order chi connectivity index (χ0) is 35.6. The lowest BCUT2D eigenvalue weighted by molar-refractivity contribution is 1.01. The van der Waals surface area contributed by atoms with Gasteiger partial charge in [-0.2, -0.15) is 0 Å². The monoisotopic (exact) mass is 705 g/mol. The second-order valence-electron chi connectivity index (χ2n) is 13.8. The van der Waals surface area contributed by atoms with Crippen LogP contribution in [0.1, 0.15) is 0 Å². The summed E-state index contributed by atoms with van der Waals surface area (Å²) in [4.78, 5) is 10.5. The third kappa shape index (κ3) is 5.03. The second kappa shape index (κ2) is 12.4. The molecule has 0 aliphatic carbocycles. The highest BCUT2D eigenvalue weighted by molar-refractivity contribution is 7.25. The van der Waals surface area contributed by atoms with Crippen molar-refractivity contribution in [1.82, 2.24) is 14.5 Å². The molecular formula is C50H31N3S. The molecular weight excluding hydrogens is 675 g/mol. The first-order chi connectivity index (χ1) is 26.7. The molecule has 0 saturated heterocycles. The van der Waals surface area contributed by atoms with Crippen LogP contribution >= 0.6 is 11.3 Å². The van der Waals surface area contributed by atoms with Gasteiger partial charge in [-0.3, -0.25) is 4.57 Å². The fourth-order valence-electron chi connectivity index (χ4n) is 7.96. The normalized spacial score (nSPS) is 11.7. The fraction of sp³-hybridized carbons (Fsp3) is 0. The van der Waals surface area contributed by atoms with E-state index in [1.165, 1.54) is 64.3 Å². The Balaban J connectivity index is 1.00. The van der Waals surface area contributed by atoms with Crippen LogP contribution in [0, 0.1) is 0 Å². The van der Waals surface area contributed by atoms with E-state index >= 15 is 0 Å². The van der Waals surface area contributed by atoms with Crippen molar-refractivity contribution in [1.29, 1.82) is 0 Å². The number of benzene rings is 8. The fourth-order valence-corrected chi connectivity index (χ4v) is 9.05. The number of para-hydroxylation sites is 2. The number of thiophene rings is 1. The molecule has 0 radical (unpaired) electrons. The second-order valence-corrected chi connectivity index (χ2v) is 14.9. The van der Waals surface area contributed by atoms with Gasteiger partial charge in [0.05, 0.1) is 22.2 Å². The number of hydrogen-bond donors (Lipinski definition) is 0. The standard InChI is InChI=1S/C50H31N3S/c1-2-10-32(11-3-1)33-22-24-36(25-23-33)49-41-14-4-7-15-44(41)51-50(52-49)53-45-16-8-5-12-39(45)42-30-37(26-28-46(42)53)34-18-20-35(21-19-34)38-27-29-48-43(31-38)40-13-6-9-17-47(40)54-48/h1-31H. The van der Waals surface area contributed by atoms with Gasteiger partial charge < -0.3 is 0 Å². The van der Waals surface area contributed by atoms with Crippen molar-refractivity contribution in [2.45, 2.75) is 0 Å². The van der Waals surface area contributed by atoms with Crippen LogP contribution in [0.4, 0.5) is 0 Å². The Labute approximate surface area is 316 Å². The summed E-state index contributed by atoms with van der Waals surface area (Å²) in [6, 6.07) is 67.3. The lowest BCUT2D eigenvalue weighted by Gasteiger charge is -2.12. The molecule has 0 bridgehead atoms. The number of fused-ring (bicyclic) bond motifs is 7. The van der Waals surface area contributed by atoms with E-state index in [2.05, 4.69) is 180 Å². The van der Waals surface area contributed by atoms with E-state index in [-0.39, 0.29) is 0 Å². The van der Waals surface area contributed by atoms with Crippen molar-refractivity contribution in [3.8, 4) is 50.6 Å². The Morgan fingerprint density at radius 1 is 0.333 bits per heavy atom. The minimum absolute atomic E-state index is 0.662. The van der Waals surface area contributed by atoms with Crippen molar-refractivity contribution in [3.05, 3.63) is 188 Å². The quantitative estimate of drug-likeness (QED) is 0.178. The molecule has 0 aliphatic rings. The molecule has 54 heavy (non-hydrogen) atoms. The van der Waals surface area contributed by atoms with Crippen LogP contribution < -0.4 is 0 Å². The van der Waals surface area contributed by atoms with Crippen molar-refractivity contribution in [3.63, 3.8) is 0 Å². The Bertz CT molecular complexity index is 3190. The van der Waals surface area contributed by atoms with Crippen LogP contribution in [0.25, 0.3) is 103 Å². The summed E-state index contributed by atoms with van der Waals surface area (Å²) in [6.07, 6.45) is 0. The van der Waals surface area contributed by atoms with E-state index < -0.39 is 0 Å². The molecule has 8 aromatic carbocycles. The maximum absolute atomic E-state index is 5.32. The molecule has 4 heteroatoms. The molecule has 0 fully saturated rings. The highest BCUT2D eigenvalue weighted by Gasteiger charge is 2.18. The van der Waals surface area contributed by atoms with E-state index in [0.29, 0.717) is 5.95 Å². The van der Waals surface area contributed by atoms with Gasteiger partial charge in [0.25, 0.3) is 0 Å². The summed E-state index contributed by atoms with van der Waals surface area (Å²) >= 11 is 1.86. The lowest BCUT2D eigenvalue weighted by atomic mass is 9.98. The summed E-state index contributed by atoms with van der Waals surface area (Å²) in [5, 5.41) is 6.03. The molecule has 3 heterocycles. The molecule has 0 spiro atoms. The summed E-state index contributed by atoms with van der Waals surface area (Å²) < 4.78 is 4.88. The predicted molar refractivity (Wildman–Crippen MR) is 229 cm³/mol. The summed E-state index contributed by atoms with van der Waals surface area (Å²) in [6.45, 7) is 0. The Kier molecular flexibility index (Phi) is 7.04. The third-order valence-corrected chi connectivity index (χ3v) is 11.8. The van der Waals surface area contributed by atoms with Crippen molar-refractivity contribution in [2.75, 3.05) is 0 Å². The molecule has 11 rings (SSSR count). The number of rotatable bonds is 5. The maximum Gasteiger partial charge on any atom is 0.235 e. The minimum Gasteiger partial charge on any atom is -0.278 e. The van der Waals surface area contributed by atoms with Crippen molar-refractivity contribution < 1.29 is 0 Å². The SMILES string of the molecule is c1ccc(-c2ccc(-c3nc(-n4c5ccccc5c5cc(-c6ccc(-c7ccc8sc9ccccc9c8c7)cc6)ccc54)nc4ccccc34)cc2)cc1. The van der Waals surface area contributed by atoms with Gasteiger partial charge in [0.15, 0.2) is 0 Å². The van der Waals surface area contributed by atoms with Gasteiger partial charge in [-0.25, -0.2) is 9.97 Å². The summed E-state index contributed by atoms with van der Waals surface area (Å²) in [5.41, 5.74) is 12.2. The molecule has 0 aliphatic heterocycles. The topological polar surface area (TPSA) is 30.7 Å². The van der Waals surface area contributed by atoms with Crippen LogP contribution in [0.5, 0.6) is 0 Å². The zero-order valence-corrected chi connectivity index (χ0v) is 30.0. The minimum atomic E-state index is 0.662. The van der Waals surface area contributed by atoms with Gasteiger partial charge >= 0.3 is 0 Å². The van der Waals surface area contributed by atoms with E-state index in [1.54, 1.807) is 0 Å². The number of hydrogen-bond acceptors (Lipinski definition) is 3. The van der Waals surface area contributed by atoms with Crippen LogP contribution in [-0.2, 0) is 0 Å². The average Bonchev–Trinajstić information content (AvgIpc) is 3.79. The van der Waals surface area contributed by atoms with Crippen molar-refractivity contribution in [2.24, 2.45) is 0 Å². The van der Waals surface area contributed by atoms with Crippen LogP contribution in [0.15, 0.2) is 188 Å². The maximum atomic E-state index is 5.32. The third-order valence-electron chi connectivity index (χ3n) is 10.7.